The van der Waals surface area contributed by atoms with Gasteiger partial charge in [0.05, 0.1) is 0 Å². The van der Waals surface area contributed by atoms with Gasteiger partial charge in [-0.25, -0.2) is 0 Å². The first-order valence-electron chi connectivity index (χ1n) is 15.7. The van der Waals surface area contributed by atoms with E-state index in [9.17, 15) is 0 Å². The maximum absolute atomic E-state index is 2.59. The highest BCUT2D eigenvalue weighted by molar-refractivity contribution is 5.28. The van der Waals surface area contributed by atoms with Gasteiger partial charge in [-0.1, -0.05) is 101 Å². The highest BCUT2D eigenvalue weighted by atomic mass is 14.3. The molecular formula is C35H54. The Morgan fingerprint density at radius 1 is 0.600 bits per heavy atom. The van der Waals surface area contributed by atoms with Crippen LogP contribution in [0, 0.1) is 23.7 Å². The Labute approximate surface area is 218 Å². The largest absolute Gasteiger partial charge is 0.0848 e. The van der Waals surface area contributed by atoms with Crippen molar-refractivity contribution in [2.24, 2.45) is 23.7 Å². The van der Waals surface area contributed by atoms with E-state index in [1.54, 1.807) is 11.1 Å². The van der Waals surface area contributed by atoms with Gasteiger partial charge >= 0.3 is 0 Å². The maximum atomic E-state index is 2.59. The molecule has 0 amide bonds. The Morgan fingerprint density at radius 3 is 1.80 bits per heavy atom. The molecule has 0 spiro atoms. The van der Waals surface area contributed by atoms with E-state index in [1.807, 2.05) is 0 Å². The highest BCUT2D eigenvalue weighted by Crippen LogP contribution is 2.40. The number of hydrogen-bond donors (Lipinski definition) is 0. The molecule has 1 aromatic carbocycles. The number of allylic oxidation sites excluding steroid dienone is 4. The molecule has 3 aliphatic rings. The van der Waals surface area contributed by atoms with Crippen LogP contribution in [0.3, 0.4) is 0 Å². The second-order valence-electron chi connectivity index (χ2n) is 12.4. The van der Waals surface area contributed by atoms with E-state index in [0.29, 0.717) is 5.92 Å². The lowest BCUT2D eigenvalue weighted by molar-refractivity contribution is 0.304. The van der Waals surface area contributed by atoms with E-state index in [2.05, 4.69) is 62.4 Å². The van der Waals surface area contributed by atoms with E-state index < -0.39 is 0 Å². The van der Waals surface area contributed by atoms with Crippen molar-refractivity contribution in [3.05, 3.63) is 59.7 Å². The van der Waals surface area contributed by atoms with E-state index in [0.717, 1.165) is 29.6 Å². The van der Waals surface area contributed by atoms with Crippen molar-refractivity contribution in [2.45, 2.75) is 135 Å². The van der Waals surface area contributed by atoms with Crippen LogP contribution in [0.4, 0.5) is 0 Å². The first kappa shape index (κ1) is 26.8. The Balaban J connectivity index is 1.17. The van der Waals surface area contributed by atoms with Gasteiger partial charge in [0.1, 0.15) is 0 Å². The molecule has 3 aliphatic carbocycles. The Hall–Kier alpha value is -1.30. The van der Waals surface area contributed by atoms with Crippen LogP contribution in [-0.2, 0) is 0 Å². The third-order valence-electron chi connectivity index (χ3n) is 9.77. The van der Waals surface area contributed by atoms with Gasteiger partial charge in [-0.2, -0.15) is 0 Å². The summed E-state index contributed by atoms with van der Waals surface area (Å²) in [6.45, 7) is 4.64. The van der Waals surface area contributed by atoms with Crippen molar-refractivity contribution in [1.29, 1.82) is 0 Å². The summed E-state index contributed by atoms with van der Waals surface area (Å²) in [6, 6.07) is 9.96. The van der Waals surface area contributed by atoms with E-state index in [-0.39, 0.29) is 0 Å². The van der Waals surface area contributed by atoms with Crippen LogP contribution in [0.15, 0.2) is 48.6 Å². The summed E-state index contributed by atoms with van der Waals surface area (Å²) >= 11 is 0. The third-order valence-corrected chi connectivity index (χ3v) is 9.77. The molecule has 2 saturated carbocycles. The predicted octanol–water partition coefficient (Wildman–Crippen LogP) is 11.1. The summed E-state index contributed by atoms with van der Waals surface area (Å²) in [6.07, 6.45) is 34.0. The van der Waals surface area contributed by atoms with Crippen molar-refractivity contribution in [2.75, 3.05) is 0 Å². The number of hydrogen-bond acceptors (Lipinski definition) is 0. The van der Waals surface area contributed by atoms with Crippen LogP contribution in [0.2, 0.25) is 0 Å². The van der Waals surface area contributed by atoms with Gasteiger partial charge in [0.2, 0.25) is 0 Å². The standard InChI is InChI=1S/C35H54/c1-3-5-7-9-29-10-12-30(13-11-29)14-15-31-18-22-33(23-19-31)35-26-24-34(25-27-35)32-20-16-28(17-21-32)8-6-4-2/h10,12,14-15,24-33H,3-9,11,13,16-23H2,1-2H3. The number of benzene rings is 1. The molecule has 0 bridgehead atoms. The van der Waals surface area contributed by atoms with Crippen LogP contribution in [0.5, 0.6) is 0 Å². The van der Waals surface area contributed by atoms with Gasteiger partial charge in [-0.3, -0.25) is 0 Å². The highest BCUT2D eigenvalue weighted by Gasteiger charge is 2.24. The zero-order chi connectivity index (χ0) is 24.3. The summed E-state index contributed by atoms with van der Waals surface area (Å²) in [5.41, 5.74) is 3.23. The Morgan fingerprint density at radius 2 is 1.23 bits per heavy atom. The monoisotopic (exact) mass is 474 g/mol. The second kappa shape index (κ2) is 14.4. The van der Waals surface area contributed by atoms with Crippen molar-refractivity contribution in [1.82, 2.24) is 0 Å². The van der Waals surface area contributed by atoms with Crippen molar-refractivity contribution in [3.63, 3.8) is 0 Å². The molecule has 4 rings (SSSR count). The zero-order valence-electron chi connectivity index (χ0n) is 23.1. The molecule has 2 unspecified atom stereocenters. The Kier molecular flexibility index (Phi) is 11.0. The van der Waals surface area contributed by atoms with Crippen molar-refractivity contribution < 1.29 is 0 Å². The smallest absolute Gasteiger partial charge is 0.00531 e. The molecule has 0 aromatic heterocycles. The molecule has 2 fully saturated rings. The van der Waals surface area contributed by atoms with Gasteiger partial charge in [-0.05, 0) is 117 Å². The summed E-state index contributed by atoms with van der Waals surface area (Å²) in [7, 11) is 0. The lowest BCUT2D eigenvalue weighted by atomic mass is 9.75. The summed E-state index contributed by atoms with van der Waals surface area (Å²) in [4.78, 5) is 0. The fourth-order valence-electron chi connectivity index (χ4n) is 7.22. The molecule has 1 aromatic rings. The first-order valence-corrected chi connectivity index (χ1v) is 15.7. The normalized spacial score (nSPS) is 31.7. The van der Waals surface area contributed by atoms with Gasteiger partial charge in [0.25, 0.3) is 0 Å². The molecule has 0 aliphatic heterocycles. The van der Waals surface area contributed by atoms with Gasteiger partial charge in [0.15, 0.2) is 0 Å². The van der Waals surface area contributed by atoms with E-state index >= 15 is 0 Å². The van der Waals surface area contributed by atoms with Gasteiger partial charge in [-0.15, -0.1) is 0 Å². The fourth-order valence-corrected chi connectivity index (χ4v) is 7.22. The summed E-state index contributed by atoms with van der Waals surface area (Å²) in [5, 5.41) is 0. The van der Waals surface area contributed by atoms with Crippen molar-refractivity contribution in [3.8, 4) is 0 Å². The molecular weight excluding hydrogens is 420 g/mol. The molecule has 0 radical (unpaired) electrons. The van der Waals surface area contributed by atoms with Gasteiger partial charge < -0.3 is 0 Å². The molecule has 0 nitrogen and oxygen atoms in total. The van der Waals surface area contributed by atoms with E-state index in [1.165, 1.54) is 109 Å². The van der Waals surface area contributed by atoms with Crippen LogP contribution in [-0.4, -0.2) is 0 Å². The quantitative estimate of drug-likeness (QED) is 0.221. The summed E-state index contributed by atoms with van der Waals surface area (Å²) < 4.78 is 0. The molecule has 0 N–H and O–H groups in total. The first-order chi connectivity index (χ1) is 17.2. The SMILES string of the molecule is CCCCCC1C=CC(C=CC2CCC(c3ccc(C4CCC(CCCC)CC4)cc3)CC2)CC1. The number of rotatable bonds is 11. The van der Waals surface area contributed by atoms with Crippen LogP contribution in [0.1, 0.15) is 146 Å². The average Bonchev–Trinajstić information content (AvgIpc) is 2.92. The minimum atomic E-state index is 0.699. The lowest BCUT2D eigenvalue weighted by Crippen LogP contribution is -2.14. The molecule has 0 heterocycles. The fraction of sp³-hybridized carbons (Fsp3) is 0.714. The average molecular weight is 475 g/mol. The maximum Gasteiger partial charge on any atom is -0.00531 e. The molecule has 194 valence electrons. The lowest BCUT2D eigenvalue weighted by Gasteiger charge is -2.30. The van der Waals surface area contributed by atoms with E-state index in [4.69, 9.17) is 0 Å². The molecule has 0 heteroatoms. The molecule has 35 heavy (non-hydrogen) atoms. The topological polar surface area (TPSA) is 0 Å². The van der Waals surface area contributed by atoms with Crippen LogP contribution < -0.4 is 0 Å². The van der Waals surface area contributed by atoms with Gasteiger partial charge in [0, 0.05) is 0 Å². The second-order valence-corrected chi connectivity index (χ2v) is 12.4. The number of unbranched alkanes of at least 4 members (excludes halogenated alkanes) is 3. The summed E-state index contributed by atoms with van der Waals surface area (Å²) in [5.74, 6) is 4.99. The van der Waals surface area contributed by atoms with Crippen molar-refractivity contribution >= 4 is 0 Å². The van der Waals surface area contributed by atoms with Crippen LogP contribution in [0.25, 0.3) is 0 Å². The molecule has 2 atom stereocenters. The minimum Gasteiger partial charge on any atom is -0.0848 e. The predicted molar refractivity (Wildman–Crippen MR) is 154 cm³/mol. The van der Waals surface area contributed by atoms with Crippen LogP contribution >= 0.6 is 0 Å². The zero-order valence-corrected chi connectivity index (χ0v) is 23.1. The Bertz CT molecular complexity index is 752. The molecule has 0 saturated heterocycles. The minimum absolute atomic E-state index is 0.699. The third kappa shape index (κ3) is 8.36.